The third kappa shape index (κ3) is 9.01. The number of sulfonamides is 1. The number of pyridine rings is 2. The van der Waals surface area contributed by atoms with Crippen molar-refractivity contribution in [2.24, 2.45) is 17.3 Å². The maximum atomic E-state index is 14.9. The van der Waals surface area contributed by atoms with Gasteiger partial charge in [-0.3, -0.25) is 28.9 Å². The molecule has 332 valence electrons. The van der Waals surface area contributed by atoms with Crippen LogP contribution in [0.25, 0.3) is 22.3 Å². The zero-order chi connectivity index (χ0) is 44.0. The van der Waals surface area contributed by atoms with Crippen LogP contribution < -0.4 is 14.2 Å². The molecule has 4 fully saturated rings. The van der Waals surface area contributed by atoms with E-state index in [0.717, 1.165) is 4.90 Å². The molecule has 8 rings (SSSR count). The molecule has 2 saturated heterocycles. The Balaban J connectivity index is 1.14. The van der Waals surface area contributed by atoms with Gasteiger partial charge in [-0.15, -0.1) is 0 Å². The number of aromatic nitrogens is 2. The van der Waals surface area contributed by atoms with E-state index in [9.17, 15) is 40.8 Å². The predicted molar refractivity (Wildman–Crippen MR) is 222 cm³/mol. The Bertz CT molecular complexity index is 2380. The van der Waals surface area contributed by atoms with Gasteiger partial charge in [-0.1, -0.05) is 42.7 Å². The van der Waals surface area contributed by atoms with E-state index >= 15 is 0 Å². The maximum Gasteiger partial charge on any atom is 0.408 e. The molecule has 0 bridgehead atoms. The average Bonchev–Trinajstić information content (AvgIpc) is 4.11. The Kier molecular flexibility index (Phi) is 12.3. The van der Waals surface area contributed by atoms with Crippen LogP contribution in [0.15, 0.2) is 54.7 Å². The number of nitrogens with one attached hydrogen (secondary N) is 1. The topological polar surface area (TPSA) is 165 Å². The van der Waals surface area contributed by atoms with E-state index in [0.29, 0.717) is 72.3 Å². The highest BCUT2D eigenvalue weighted by molar-refractivity contribution is 7.90. The normalized spacial score (nSPS) is 27.8. The summed E-state index contributed by atoms with van der Waals surface area (Å²) in [6.07, 6.45) is 2.86. The number of amides is 3. The number of hydrogen-bond donors (Lipinski definition) is 1. The van der Waals surface area contributed by atoms with E-state index in [1.165, 1.54) is 12.0 Å². The third-order valence-corrected chi connectivity index (χ3v) is 15.2. The molecule has 5 aliphatic rings. The number of methoxy groups -OCH3 is 1. The van der Waals surface area contributed by atoms with Crippen molar-refractivity contribution in [3.63, 3.8) is 0 Å². The highest BCUT2D eigenvalue weighted by Gasteiger charge is 2.62. The van der Waals surface area contributed by atoms with Crippen LogP contribution in [0.1, 0.15) is 83.5 Å². The number of carbonyl (C=O) groups excluding carboxylic acids is 4. The summed E-state index contributed by atoms with van der Waals surface area (Å²) in [6.45, 7) is -0.199. The van der Waals surface area contributed by atoms with Crippen molar-refractivity contribution in [3.8, 4) is 22.9 Å². The molecule has 6 atom stereocenters. The first-order chi connectivity index (χ1) is 29.6. The van der Waals surface area contributed by atoms with Gasteiger partial charge in [-0.25, -0.2) is 13.4 Å². The number of benzene rings is 1. The Morgan fingerprint density at radius 1 is 1.02 bits per heavy atom. The summed E-state index contributed by atoms with van der Waals surface area (Å²) < 4.78 is 82.3. The standard InChI is InChI=1S/C44H49ClF3N5O8S/c1-60-35-17-16-30-36(22-32(50-40(30)39(35)45)31-12-7-8-18-49-31)61-28-21-33-34(54)24-43(42(57)51-62(58,59)29-14-15-29)23-27(43)11-6-4-2-3-5-10-26(41(56)53(33)25-28)20-38(55)52-19-9-13-37(52)44(46,47)48/h6-8,11-12,16-18,22,26-29,33,37H,2-5,9-10,13-15,19-21,23-25H2,1H3,(H,51,57)/b11-6-/t26-,27-,28-,33+,37?,43-/m1/s1. The quantitative estimate of drug-likeness (QED) is 0.222. The Morgan fingerprint density at radius 2 is 1.82 bits per heavy atom. The summed E-state index contributed by atoms with van der Waals surface area (Å²) in [6, 6.07) is 7.28. The number of rotatable bonds is 9. The summed E-state index contributed by atoms with van der Waals surface area (Å²) in [5.74, 6) is -3.35. The first-order valence-corrected chi connectivity index (χ1v) is 23.2. The highest BCUT2D eigenvalue weighted by Crippen LogP contribution is 2.57. The first kappa shape index (κ1) is 43.9. The van der Waals surface area contributed by atoms with Crippen LogP contribution in [-0.4, -0.2) is 102 Å². The summed E-state index contributed by atoms with van der Waals surface area (Å²) in [5.41, 5.74) is -0.0803. The van der Waals surface area contributed by atoms with E-state index in [4.69, 9.17) is 26.1 Å². The Labute approximate surface area is 362 Å². The Hall–Kier alpha value is -4.77. The molecule has 0 spiro atoms. The van der Waals surface area contributed by atoms with E-state index < -0.39 is 86.8 Å². The van der Waals surface area contributed by atoms with Crippen molar-refractivity contribution in [2.45, 2.75) is 113 Å². The number of ether oxygens (including phenoxy) is 2. The number of hydrogen-bond acceptors (Lipinski definition) is 10. The minimum Gasteiger partial charge on any atom is -0.495 e. The minimum absolute atomic E-state index is 0.0291. The molecule has 13 nitrogen and oxygen atoms in total. The van der Waals surface area contributed by atoms with Crippen molar-refractivity contribution in [3.05, 3.63) is 59.8 Å². The van der Waals surface area contributed by atoms with Crippen molar-refractivity contribution in [1.82, 2.24) is 24.5 Å². The summed E-state index contributed by atoms with van der Waals surface area (Å²) in [7, 11) is -2.47. The molecule has 0 radical (unpaired) electrons. The van der Waals surface area contributed by atoms with Crippen LogP contribution in [0.2, 0.25) is 5.02 Å². The van der Waals surface area contributed by atoms with Crippen LogP contribution in [0, 0.1) is 17.3 Å². The molecule has 3 aliphatic heterocycles. The van der Waals surface area contributed by atoms with E-state index in [2.05, 4.69) is 9.71 Å². The number of likely N-dealkylation sites (tertiary alicyclic amines) is 1. The van der Waals surface area contributed by atoms with Crippen molar-refractivity contribution in [1.29, 1.82) is 0 Å². The molecule has 1 N–H and O–H groups in total. The summed E-state index contributed by atoms with van der Waals surface area (Å²) in [5, 5.41) is 0.0566. The fourth-order valence-electron chi connectivity index (χ4n) is 9.34. The van der Waals surface area contributed by atoms with Gasteiger partial charge < -0.3 is 19.3 Å². The van der Waals surface area contributed by atoms with Crippen LogP contribution in [0.5, 0.6) is 11.5 Å². The molecule has 62 heavy (non-hydrogen) atoms. The average molecular weight is 900 g/mol. The lowest BCUT2D eigenvalue weighted by Gasteiger charge is -2.31. The van der Waals surface area contributed by atoms with Crippen LogP contribution in [0.3, 0.4) is 0 Å². The number of carbonyl (C=O) groups is 4. The van der Waals surface area contributed by atoms with E-state index in [-0.39, 0.29) is 56.6 Å². The number of alkyl halides is 3. The number of allylic oxidation sites excluding steroid dienone is 2. The molecule has 2 aliphatic carbocycles. The molecule has 5 heterocycles. The zero-order valence-electron chi connectivity index (χ0n) is 34.2. The monoisotopic (exact) mass is 899 g/mol. The fourth-order valence-corrected chi connectivity index (χ4v) is 11.0. The molecule has 3 amide bonds. The smallest absolute Gasteiger partial charge is 0.408 e. The molecule has 1 unspecified atom stereocenters. The number of nitrogens with zero attached hydrogens (tertiary/aromatic N) is 4. The van der Waals surface area contributed by atoms with Gasteiger partial charge >= 0.3 is 6.18 Å². The predicted octanol–water partition coefficient (Wildman–Crippen LogP) is 6.96. The second-order valence-corrected chi connectivity index (χ2v) is 19.6. The van der Waals surface area contributed by atoms with Crippen LogP contribution in [-0.2, 0) is 29.2 Å². The molecule has 2 aromatic heterocycles. The molecule has 1 aromatic carbocycles. The zero-order valence-corrected chi connectivity index (χ0v) is 35.8. The lowest BCUT2D eigenvalue weighted by Crippen LogP contribution is -2.48. The summed E-state index contributed by atoms with van der Waals surface area (Å²) in [4.78, 5) is 68.6. The third-order valence-electron chi connectivity index (χ3n) is 13.0. The number of Topliss-reactive ketones (excluding diaryl/α,β-unsaturated/α-hetero) is 1. The number of halogens is 4. The van der Waals surface area contributed by atoms with Gasteiger partial charge in [-0.05, 0) is 81.5 Å². The van der Waals surface area contributed by atoms with E-state index in [1.807, 2.05) is 12.2 Å². The van der Waals surface area contributed by atoms with Gasteiger partial charge in [0.05, 0.1) is 47.3 Å². The second-order valence-electron chi connectivity index (χ2n) is 17.2. The molecule has 18 heteroatoms. The van der Waals surface area contributed by atoms with Gasteiger partial charge in [0.1, 0.15) is 28.7 Å². The largest absolute Gasteiger partial charge is 0.495 e. The lowest BCUT2D eigenvalue weighted by atomic mass is 9.90. The molecular weight excluding hydrogens is 851 g/mol. The van der Waals surface area contributed by atoms with E-state index in [1.54, 1.807) is 42.6 Å². The molecule has 3 aromatic rings. The SMILES string of the molecule is COc1ccc2c(O[C@@H]3C[C@H]4C(=O)C[C@]5(C(=O)NS(=O)(=O)C6CC6)C[C@H]5/C=C\CCCCC[C@H](CC(=O)N5CCCC5C(F)(F)F)C(=O)N4C3)cc(-c3ccccn3)nc2c1Cl. The number of ketones is 1. The molecule has 2 saturated carbocycles. The van der Waals surface area contributed by atoms with Crippen molar-refractivity contribution in [2.75, 3.05) is 20.2 Å². The minimum atomic E-state index is -4.62. The second kappa shape index (κ2) is 17.4. The summed E-state index contributed by atoms with van der Waals surface area (Å²) >= 11 is 6.78. The van der Waals surface area contributed by atoms with Crippen LogP contribution >= 0.6 is 11.6 Å². The van der Waals surface area contributed by atoms with Gasteiger partial charge in [0, 0.05) is 49.4 Å². The lowest BCUT2D eigenvalue weighted by molar-refractivity contribution is -0.183. The highest BCUT2D eigenvalue weighted by atomic mass is 35.5. The fraction of sp³-hybridized carbons (Fsp3) is 0.545. The molecular formula is C44H49ClF3N5O8S. The van der Waals surface area contributed by atoms with Gasteiger partial charge in [0.25, 0.3) is 0 Å². The number of fused-ring (bicyclic) bond motifs is 3. The first-order valence-electron chi connectivity index (χ1n) is 21.3. The maximum absolute atomic E-state index is 14.9. The van der Waals surface area contributed by atoms with Crippen molar-refractivity contribution < 1.29 is 50.2 Å². The van der Waals surface area contributed by atoms with Gasteiger partial charge in [0.2, 0.25) is 27.7 Å². The van der Waals surface area contributed by atoms with Crippen LogP contribution in [0.4, 0.5) is 13.2 Å². The van der Waals surface area contributed by atoms with Gasteiger partial charge in [0.15, 0.2) is 5.78 Å². The van der Waals surface area contributed by atoms with Crippen molar-refractivity contribution >= 4 is 56.0 Å². The van der Waals surface area contributed by atoms with Gasteiger partial charge in [-0.2, -0.15) is 13.2 Å². The Morgan fingerprint density at radius 3 is 2.55 bits per heavy atom.